The zero-order chi connectivity index (χ0) is 23.3. The first-order valence-electron chi connectivity index (χ1n) is 9.73. The van der Waals surface area contributed by atoms with Gasteiger partial charge in [-0.25, -0.2) is 4.79 Å². The Balaban J connectivity index is 1.90. The molecule has 3 aromatic rings. The number of hydrogen-bond donors (Lipinski definition) is 1. The van der Waals surface area contributed by atoms with Crippen molar-refractivity contribution in [1.29, 1.82) is 0 Å². The van der Waals surface area contributed by atoms with E-state index in [1.165, 1.54) is 24.5 Å². The largest absolute Gasteiger partial charge is 0.494 e. The van der Waals surface area contributed by atoms with E-state index in [-0.39, 0.29) is 5.91 Å². The Morgan fingerprint density at radius 2 is 1.81 bits per heavy atom. The molecule has 166 valence electrons. The van der Waals surface area contributed by atoms with Crippen LogP contribution in [0.5, 0.6) is 5.75 Å². The summed E-state index contributed by atoms with van der Waals surface area (Å²) in [4.78, 5) is 26.0. The molecule has 0 radical (unpaired) electrons. The van der Waals surface area contributed by atoms with Gasteiger partial charge in [-0.05, 0) is 55.3 Å². The van der Waals surface area contributed by atoms with E-state index in [1.54, 1.807) is 24.3 Å². The van der Waals surface area contributed by atoms with Crippen molar-refractivity contribution >= 4 is 57.5 Å². The van der Waals surface area contributed by atoms with Crippen LogP contribution in [0.2, 0.25) is 10.0 Å². The van der Waals surface area contributed by atoms with Crippen LogP contribution in [0.1, 0.15) is 27.7 Å². The summed E-state index contributed by atoms with van der Waals surface area (Å²) in [5.41, 5.74) is 2.58. The van der Waals surface area contributed by atoms with E-state index in [0.29, 0.717) is 32.8 Å². The van der Waals surface area contributed by atoms with Crippen molar-refractivity contribution < 1.29 is 19.1 Å². The molecule has 32 heavy (non-hydrogen) atoms. The predicted octanol–water partition coefficient (Wildman–Crippen LogP) is 6.87. The predicted molar refractivity (Wildman–Crippen MR) is 131 cm³/mol. The van der Waals surface area contributed by atoms with E-state index < -0.39 is 5.97 Å². The number of rotatable bonds is 7. The molecular formula is C24H21Cl2NO4S. The topological polar surface area (TPSA) is 64.6 Å². The van der Waals surface area contributed by atoms with Gasteiger partial charge in [0.1, 0.15) is 16.3 Å². The minimum absolute atomic E-state index is 0.315. The van der Waals surface area contributed by atoms with E-state index >= 15 is 0 Å². The molecule has 0 aliphatic carbocycles. The lowest BCUT2D eigenvalue weighted by Crippen LogP contribution is -2.11. The van der Waals surface area contributed by atoms with Gasteiger partial charge in [0, 0.05) is 16.5 Å². The highest BCUT2D eigenvalue weighted by molar-refractivity contribution is 7.17. The summed E-state index contributed by atoms with van der Waals surface area (Å²) in [6.07, 6.45) is 2.98. The smallest absolute Gasteiger partial charge is 0.341 e. The maximum absolute atomic E-state index is 12.6. The maximum Gasteiger partial charge on any atom is 0.341 e. The number of anilines is 1. The number of esters is 1. The van der Waals surface area contributed by atoms with Gasteiger partial charge in [0.05, 0.1) is 23.8 Å². The molecule has 0 bridgehead atoms. The standard InChI is InChI=1S/C24H21Cl2NO4S/c1-4-31-17-9-7-16(8-10-17)21-14(2)32-23(22(21)24(29)30-3)27-20(28)12-6-15-5-11-18(25)19(26)13-15/h5-13H,4H2,1-3H3,(H,27,28). The van der Waals surface area contributed by atoms with Gasteiger partial charge in [-0.1, -0.05) is 41.4 Å². The highest BCUT2D eigenvalue weighted by Gasteiger charge is 2.24. The van der Waals surface area contributed by atoms with E-state index in [4.69, 9.17) is 32.7 Å². The zero-order valence-corrected chi connectivity index (χ0v) is 20.0. The number of benzene rings is 2. The van der Waals surface area contributed by atoms with Crippen LogP contribution in [0.4, 0.5) is 5.00 Å². The van der Waals surface area contributed by atoms with Gasteiger partial charge in [0.2, 0.25) is 5.91 Å². The van der Waals surface area contributed by atoms with Crippen molar-refractivity contribution in [1.82, 2.24) is 0 Å². The third-order valence-corrected chi connectivity index (χ3v) is 6.29. The molecule has 0 spiro atoms. The van der Waals surface area contributed by atoms with Crippen LogP contribution >= 0.6 is 34.5 Å². The number of aryl methyl sites for hydroxylation is 1. The van der Waals surface area contributed by atoms with Crippen molar-refractivity contribution in [3.8, 4) is 16.9 Å². The molecule has 0 aliphatic rings. The van der Waals surface area contributed by atoms with Gasteiger partial charge < -0.3 is 14.8 Å². The third kappa shape index (κ3) is 5.51. The lowest BCUT2D eigenvalue weighted by molar-refractivity contribution is -0.111. The number of thiophene rings is 1. The maximum atomic E-state index is 12.6. The number of nitrogens with one attached hydrogen (secondary N) is 1. The van der Waals surface area contributed by atoms with Gasteiger partial charge in [-0.2, -0.15) is 0 Å². The summed E-state index contributed by atoms with van der Waals surface area (Å²) in [6, 6.07) is 12.5. The highest BCUT2D eigenvalue weighted by atomic mass is 35.5. The van der Waals surface area contributed by atoms with Gasteiger partial charge in [-0.15, -0.1) is 11.3 Å². The molecule has 0 unspecified atom stereocenters. The molecule has 3 rings (SSSR count). The lowest BCUT2D eigenvalue weighted by Gasteiger charge is -2.08. The number of amides is 1. The lowest BCUT2D eigenvalue weighted by atomic mass is 10.0. The Labute approximate surface area is 200 Å². The summed E-state index contributed by atoms with van der Waals surface area (Å²) >= 11 is 13.2. The minimum Gasteiger partial charge on any atom is -0.494 e. The van der Waals surface area contributed by atoms with Gasteiger partial charge in [-0.3, -0.25) is 4.79 Å². The second kappa shape index (κ2) is 10.7. The molecule has 0 saturated carbocycles. The fraction of sp³-hybridized carbons (Fsp3) is 0.167. The van der Waals surface area contributed by atoms with Crippen LogP contribution in [-0.4, -0.2) is 25.6 Å². The van der Waals surface area contributed by atoms with Crippen molar-refractivity contribution in [3.05, 3.63) is 74.6 Å². The molecule has 1 heterocycles. The molecular weight excluding hydrogens is 469 g/mol. The number of methoxy groups -OCH3 is 1. The van der Waals surface area contributed by atoms with E-state index in [0.717, 1.165) is 21.8 Å². The average Bonchev–Trinajstić information content (AvgIpc) is 3.10. The van der Waals surface area contributed by atoms with E-state index in [9.17, 15) is 9.59 Å². The number of hydrogen-bond acceptors (Lipinski definition) is 5. The number of carbonyl (C=O) groups is 2. The summed E-state index contributed by atoms with van der Waals surface area (Å²) in [5, 5.41) is 4.05. The van der Waals surface area contributed by atoms with Crippen LogP contribution < -0.4 is 10.1 Å². The fourth-order valence-corrected chi connectivity index (χ4v) is 4.48. The molecule has 0 aliphatic heterocycles. The van der Waals surface area contributed by atoms with Crippen LogP contribution in [0.15, 0.2) is 48.5 Å². The van der Waals surface area contributed by atoms with Crippen molar-refractivity contribution in [2.24, 2.45) is 0 Å². The Morgan fingerprint density at radius 1 is 1.09 bits per heavy atom. The second-order valence-electron chi connectivity index (χ2n) is 6.68. The molecule has 1 N–H and O–H groups in total. The van der Waals surface area contributed by atoms with Crippen LogP contribution in [-0.2, 0) is 9.53 Å². The van der Waals surface area contributed by atoms with Gasteiger partial charge in [0.25, 0.3) is 0 Å². The monoisotopic (exact) mass is 489 g/mol. The zero-order valence-electron chi connectivity index (χ0n) is 17.7. The second-order valence-corrected chi connectivity index (χ2v) is 8.72. The normalized spacial score (nSPS) is 10.9. The Morgan fingerprint density at radius 3 is 2.44 bits per heavy atom. The van der Waals surface area contributed by atoms with E-state index in [1.807, 2.05) is 38.1 Å². The van der Waals surface area contributed by atoms with Crippen LogP contribution in [0.3, 0.4) is 0 Å². The SMILES string of the molecule is CCOc1ccc(-c2c(C)sc(NC(=O)C=Cc3ccc(Cl)c(Cl)c3)c2C(=O)OC)cc1. The van der Waals surface area contributed by atoms with Gasteiger partial charge in [0.15, 0.2) is 0 Å². The molecule has 0 fully saturated rings. The molecule has 5 nitrogen and oxygen atoms in total. The molecule has 1 aromatic heterocycles. The summed E-state index contributed by atoms with van der Waals surface area (Å²) in [6.45, 7) is 4.37. The van der Waals surface area contributed by atoms with Crippen LogP contribution in [0, 0.1) is 6.92 Å². The Kier molecular flexibility index (Phi) is 7.96. The fourth-order valence-electron chi connectivity index (χ4n) is 3.10. The van der Waals surface area contributed by atoms with Gasteiger partial charge >= 0.3 is 5.97 Å². The van der Waals surface area contributed by atoms with Crippen molar-refractivity contribution in [2.75, 3.05) is 19.0 Å². The Bertz CT molecular complexity index is 1170. The van der Waals surface area contributed by atoms with Crippen molar-refractivity contribution in [2.45, 2.75) is 13.8 Å². The molecule has 0 saturated heterocycles. The summed E-state index contributed by atoms with van der Waals surface area (Å²) < 4.78 is 10.5. The molecule has 8 heteroatoms. The average molecular weight is 490 g/mol. The quantitative estimate of drug-likeness (QED) is 0.290. The molecule has 0 atom stereocenters. The first-order valence-corrected chi connectivity index (χ1v) is 11.3. The number of halogens is 2. The summed E-state index contributed by atoms with van der Waals surface area (Å²) in [5.74, 6) is -0.174. The highest BCUT2D eigenvalue weighted by Crippen LogP contribution is 2.40. The Hall–Kier alpha value is -2.80. The molecule has 2 aromatic carbocycles. The first kappa shape index (κ1) is 23.9. The van der Waals surface area contributed by atoms with E-state index in [2.05, 4.69) is 5.32 Å². The molecule has 1 amide bonds. The number of ether oxygens (including phenoxy) is 2. The van der Waals surface area contributed by atoms with Crippen LogP contribution in [0.25, 0.3) is 17.2 Å². The van der Waals surface area contributed by atoms with Crippen molar-refractivity contribution in [3.63, 3.8) is 0 Å². The third-order valence-electron chi connectivity index (χ3n) is 4.54. The first-order chi connectivity index (χ1) is 15.3. The number of carbonyl (C=O) groups excluding carboxylic acids is 2. The summed E-state index contributed by atoms with van der Waals surface area (Å²) in [7, 11) is 1.31. The minimum atomic E-state index is -0.526.